The highest BCUT2D eigenvalue weighted by Crippen LogP contribution is 2.26. The van der Waals surface area contributed by atoms with Crippen LogP contribution in [0.1, 0.15) is 39.5 Å². The molecule has 4 N–H and O–H groups in total. The van der Waals surface area contributed by atoms with E-state index in [1.165, 1.54) is 0 Å². The highest BCUT2D eigenvalue weighted by Gasteiger charge is 2.42. The Morgan fingerprint density at radius 2 is 1.92 bits per heavy atom. The van der Waals surface area contributed by atoms with Crippen molar-refractivity contribution in [2.24, 2.45) is 5.92 Å². The number of aliphatic hydroxyl groups is 3. The van der Waals surface area contributed by atoms with Crippen LogP contribution in [-0.2, 0) is 19.0 Å². The van der Waals surface area contributed by atoms with Gasteiger partial charge in [0.25, 0.3) is 0 Å². The molecule has 0 radical (unpaired) electrons. The van der Waals surface area contributed by atoms with Gasteiger partial charge in [0.1, 0.15) is 18.8 Å². The van der Waals surface area contributed by atoms with Crippen molar-refractivity contribution >= 4 is 5.91 Å². The summed E-state index contributed by atoms with van der Waals surface area (Å²) in [5.41, 5.74) is 0. The van der Waals surface area contributed by atoms with Gasteiger partial charge in [-0.15, -0.1) is 0 Å². The molecule has 0 aromatic rings. The summed E-state index contributed by atoms with van der Waals surface area (Å²) >= 11 is 0. The number of carbonyl (C=O) groups excluding carboxylic acids is 1. The van der Waals surface area contributed by atoms with E-state index in [1.54, 1.807) is 6.92 Å². The summed E-state index contributed by atoms with van der Waals surface area (Å²) in [7, 11) is 0. The maximum atomic E-state index is 11.4. The number of nitrogens with one attached hydrogen (secondary N) is 1. The second-order valence-corrected chi connectivity index (χ2v) is 6.40. The molecule has 1 aliphatic heterocycles. The summed E-state index contributed by atoms with van der Waals surface area (Å²) < 4.78 is 16.3. The van der Waals surface area contributed by atoms with Gasteiger partial charge in [-0.25, -0.2) is 0 Å². The molecule has 5 atom stereocenters. The molecule has 1 amide bonds. The van der Waals surface area contributed by atoms with E-state index in [2.05, 4.69) is 5.32 Å². The van der Waals surface area contributed by atoms with E-state index in [0.717, 1.165) is 25.7 Å². The third-order valence-electron chi connectivity index (χ3n) is 4.19. The number of aliphatic hydroxyl groups excluding tert-OH is 3. The fraction of sp³-hybridized carbons (Fsp3) is 0.941. The summed E-state index contributed by atoms with van der Waals surface area (Å²) in [6.07, 6.45) is -0.169. The van der Waals surface area contributed by atoms with Crippen LogP contribution in [0.4, 0.5) is 0 Å². The number of hydrogen-bond donors (Lipinski definition) is 4. The Labute approximate surface area is 149 Å². The van der Waals surface area contributed by atoms with Crippen LogP contribution in [0.3, 0.4) is 0 Å². The van der Waals surface area contributed by atoms with Crippen molar-refractivity contribution in [3.8, 4) is 0 Å². The minimum absolute atomic E-state index is 0.100. The molecular weight excluding hydrogens is 330 g/mol. The van der Waals surface area contributed by atoms with Crippen LogP contribution in [0.5, 0.6) is 0 Å². The van der Waals surface area contributed by atoms with Crippen LogP contribution in [0.2, 0.25) is 0 Å². The quantitative estimate of drug-likeness (QED) is 0.354. The number of unbranched alkanes of at least 4 members (excludes halogenated alkanes) is 2. The van der Waals surface area contributed by atoms with Crippen molar-refractivity contribution in [3.05, 3.63) is 0 Å². The molecule has 0 aromatic heterocycles. The second kappa shape index (κ2) is 12.6. The normalized spacial score (nSPS) is 29.6. The lowest BCUT2D eigenvalue weighted by Crippen LogP contribution is -2.55. The highest BCUT2D eigenvalue weighted by molar-refractivity contribution is 5.77. The predicted molar refractivity (Wildman–Crippen MR) is 90.8 cm³/mol. The Morgan fingerprint density at radius 3 is 2.60 bits per heavy atom. The molecule has 1 fully saturated rings. The van der Waals surface area contributed by atoms with Crippen LogP contribution in [0.15, 0.2) is 0 Å². The first-order chi connectivity index (χ1) is 12.0. The number of carbonyl (C=O) groups is 1. The molecule has 0 bridgehead atoms. The minimum Gasteiger partial charge on any atom is -0.394 e. The largest absolute Gasteiger partial charge is 0.394 e. The number of hydrogen-bond acceptors (Lipinski definition) is 7. The van der Waals surface area contributed by atoms with Gasteiger partial charge >= 0.3 is 0 Å². The van der Waals surface area contributed by atoms with Crippen LogP contribution in [0, 0.1) is 5.92 Å². The van der Waals surface area contributed by atoms with Gasteiger partial charge in [0.05, 0.1) is 12.7 Å². The summed E-state index contributed by atoms with van der Waals surface area (Å²) in [6, 6.07) is 0. The van der Waals surface area contributed by atoms with E-state index < -0.39 is 24.6 Å². The topological polar surface area (TPSA) is 117 Å². The monoisotopic (exact) mass is 363 g/mol. The maximum absolute atomic E-state index is 11.4. The van der Waals surface area contributed by atoms with Gasteiger partial charge in [0.2, 0.25) is 5.91 Å². The van der Waals surface area contributed by atoms with Crippen LogP contribution in [0.25, 0.3) is 0 Å². The van der Waals surface area contributed by atoms with Crippen molar-refractivity contribution in [1.82, 2.24) is 5.32 Å². The summed E-state index contributed by atoms with van der Waals surface area (Å²) in [5, 5.41) is 31.7. The number of ether oxygens (including phenoxy) is 3. The summed E-state index contributed by atoms with van der Waals surface area (Å²) in [4.78, 5) is 11.4. The van der Waals surface area contributed by atoms with E-state index in [-0.39, 0.29) is 25.0 Å². The Hall–Kier alpha value is -0.770. The number of amides is 1. The maximum Gasteiger partial charge on any atom is 0.245 e. The second-order valence-electron chi connectivity index (χ2n) is 6.40. The molecule has 0 saturated carbocycles. The van der Waals surface area contributed by atoms with Crippen LogP contribution < -0.4 is 5.32 Å². The summed E-state index contributed by atoms with van der Waals surface area (Å²) in [5.74, 6) is -0.475. The van der Waals surface area contributed by atoms with Crippen molar-refractivity contribution in [2.75, 3.05) is 33.0 Å². The minimum atomic E-state index is -1.11. The molecule has 1 heterocycles. The molecule has 8 heteroatoms. The first kappa shape index (κ1) is 22.3. The van der Waals surface area contributed by atoms with Gasteiger partial charge in [0.15, 0.2) is 6.29 Å². The van der Waals surface area contributed by atoms with Gasteiger partial charge < -0.3 is 34.8 Å². The van der Waals surface area contributed by atoms with Crippen molar-refractivity contribution < 1.29 is 34.3 Å². The molecule has 1 aliphatic rings. The lowest BCUT2D eigenvalue weighted by molar-refractivity contribution is -0.282. The molecule has 0 aliphatic carbocycles. The van der Waals surface area contributed by atoms with Crippen LogP contribution >= 0.6 is 0 Å². The van der Waals surface area contributed by atoms with Crippen molar-refractivity contribution in [3.63, 3.8) is 0 Å². The number of rotatable bonds is 12. The Morgan fingerprint density at radius 1 is 1.16 bits per heavy atom. The van der Waals surface area contributed by atoms with Crippen LogP contribution in [-0.4, -0.2) is 78.8 Å². The third-order valence-corrected chi connectivity index (χ3v) is 4.19. The molecule has 0 spiro atoms. The summed E-state index contributed by atoms with van der Waals surface area (Å²) in [6.45, 7) is 5.11. The van der Waals surface area contributed by atoms with Crippen molar-refractivity contribution in [1.29, 1.82) is 0 Å². The van der Waals surface area contributed by atoms with E-state index in [0.29, 0.717) is 19.8 Å². The lowest BCUT2D eigenvalue weighted by atomic mass is 9.92. The standard InChI is InChI=1S/C17H33NO7/c1-3-8-23-11-14(20)18-7-5-4-6-9-24-17-12(2)15(21)16(22)13(10-19)25-17/h12-13,15-17,19,21-22H,3-11H2,1-2H3,(H,18,20)/t12-,13-,15-,16+,17-/m1/s1. The fourth-order valence-electron chi connectivity index (χ4n) is 2.60. The zero-order valence-corrected chi connectivity index (χ0v) is 15.2. The highest BCUT2D eigenvalue weighted by atomic mass is 16.7. The molecule has 0 aromatic carbocycles. The first-order valence-corrected chi connectivity index (χ1v) is 9.09. The Kier molecular flexibility index (Phi) is 11.2. The van der Waals surface area contributed by atoms with Gasteiger partial charge in [0, 0.05) is 25.7 Å². The SMILES string of the molecule is CCCOCC(=O)NCCCCCO[C@@H]1O[C@H](CO)[C@H](O)[C@H](O)[C@H]1C. The Balaban J connectivity index is 2.08. The lowest BCUT2D eigenvalue weighted by Gasteiger charge is -2.40. The molecule has 0 unspecified atom stereocenters. The van der Waals surface area contributed by atoms with Gasteiger partial charge in [-0.05, 0) is 25.7 Å². The molecule has 1 saturated heterocycles. The molecular formula is C17H33NO7. The van der Waals surface area contributed by atoms with E-state index >= 15 is 0 Å². The Bertz CT molecular complexity index is 367. The van der Waals surface area contributed by atoms with Gasteiger partial charge in [-0.1, -0.05) is 13.8 Å². The average Bonchev–Trinajstić information content (AvgIpc) is 2.61. The molecule has 25 heavy (non-hydrogen) atoms. The third kappa shape index (κ3) is 7.98. The predicted octanol–water partition coefficient (Wildman–Crippen LogP) is -0.209. The van der Waals surface area contributed by atoms with Gasteiger partial charge in [-0.3, -0.25) is 4.79 Å². The van der Waals surface area contributed by atoms with E-state index in [4.69, 9.17) is 19.3 Å². The average molecular weight is 363 g/mol. The fourth-order valence-corrected chi connectivity index (χ4v) is 2.60. The van der Waals surface area contributed by atoms with Gasteiger partial charge in [-0.2, -0.15) is 0 Å². The zero-order valence-electron chi connectivity index (χ0n) is 15.2. The molecule has 8 nitrogen and oxygen atoms in total. The zero-order chi connectivity index (χ0) is 18.7. The van der Waals surface area contributed by atoms with E-state index in [9.17, 15) is 15.0 Å². The first-order valence-electron chi connectivity index (χ1n) is 9.09. The molecule has 148 valence electrons. The van der Waals surface area contributed by atoms with Crippen molar-refractivity contribution in [2.45, 2.75) is 64.1 Å². The smallest absolute Gasteiger partial charge is 0.245 e. The van der Waals surface area contributed by atoms with E-state index in [1.807, 2.05) is 6.92 Å². The molecule has 1 rings (SSSR count).